The van der Waals surface area contributed by atoms with E-state index >= 15 is 0 Å². The SMILES string of the molecule is Cc1cccc(/C=C/C(=O)N2CCN(C(=O)c3ccccn3)CC2)c1. The lowest BCUT2D eigenvalue weighted by Gasteiger charge is -2.34. The van der Waals surface area contributed by atoms with Crippen LogP contribution in [0, 0.1) is 6.92 Å². The van der Waals surface area contributed by atoms with E-state index in [1.807, 2.05) is 37.3 Å². The van der Waals surface area contributed by atoms with Crippen LogP contribution in [0.4, 0.5) is 0 Å². The van der Waals surface area contributed by atoms with E-state index in [0.29, 0.717) is 31.9 Å². The van der Waals surface area contributed by atoms with E-state index in [2.05, 4.69) is 4.98 Å². The number of aryl methyl sites for hydroxylation is 1. The number of hydrogen-bond donors (Lipinski definition) is 0. The second kappa shape index (κ2) is 7.75. The number of pyridine rings is 1. The number of rotatable bonds is 3. The van der Waals surface area contributed by atoms with Crippen molar-refractivity contribution in [1.29, 1.82) is 0 Å². The molecule has 0 saturated carbocycles. The van der Waals surface area contributed by atoms with Crippen LogP contribution in [0.15, 0.2) is 54.7 Å². The zero-order valence-electron chi connectivity index (χ0n) is 14.3. The highest BCUT2D eigenvalue weighted by atomic mass is 16.2. The lowest BCUT2D eigenvalue weighted by molar-refractivity contribution is -0.127. The fourth-order valence-corrected chi connectivity index (χ4v) is 2.83. The fraction of sp³-hybridized carbons (Fsp3) is 0.250. The molecule has 0 spiro atoms. The van der Waals surface area contributed by atoms with Crippen molar-refractivity contribution < 1.29 is 9.59 Å². The molecule has 0 unspecified atom stereocenters. The Balaban J connectivity index is 1.55. The molecule has 25 heavy (non-hydrogen) atoms. The van der Waals surface area contributed by atoms with Gasteiger partial charge in [-0.1, -0.05) is 35.9 Å². The minimum atomic E-state index is -0.0806. The third kappa shape index (κ3) is 4.32. The van der Waals surface area contributed by atoms with E-state index in [1.54, 1.807) is 40.3 Å². The standard InChI is InChI=1S/C20H21N3O2/c1-16-5-4-6-17(15-16)8-9-19(24)22-11-13-23(14-12-22)20(25)18-7-2-3-10-21-18/h2-10,15H,11-14H2,1H3/b9-8+. The Morgan fingerprint density at radius 1 is 1.00 bits per heavy atom. The Morgan fingerprint density at radius 2 is 1.76 bits per heavy atom. The van der Waals surface area contributed by atoms with Gasteiger partial charge in [0.2, 0.25) is 5.91 Å². The molecule has 3 rings (SSSR count). The summed E-state index contributed by atoms with van der Waals surface area (Å²) in [6.45, 7) is 4.15. The molecule has 0 radical (unpaired) electrons. The molecule has 2 heterocycles. The van der Waals surface area contributed by atoms with Crippen LogP contribution in [0.2, 0.25) is 0 Å². The molecule has 2 amide bonds. The predicted octanol–water partition coefficient (Wildman–Crippen LogP) is 2.39. The van der Waals surface area contributed by atoms with Gasteiger partial charge in [0.1, 0.15) is 5.69 Å². The molecule has 0 atom stereocenters. The van der Waals surface area contributed by atoms with Crippen LogP contribution < -0.4 is 0 Å². The average Bonchev–Trinajstić information content (AvgIpc) is 2.66. The summed E-state index contributed by atoms with van der Waals surface area (Å²) in [7, 11) is 0. The molecule has 5 heteroatoms. The van der Waals surface area contributed by atoms with Gasteiger partial charge >= 0.3 is 0 Å². The minimum Gasteiger partial charge on any atom is -0.336 e. The molecule has 0 bridgehead atoms. The topological polar surface area (TPSA) is 53.5 Å². The molecule has 1 aliphatic heterocycles. The van der Waals surface area contributed by atoms with Crippen LogP contribution in [0.1, 0.15) is 21.6 Å². The molecular formula is C20H21N3O2. The first-order chi connectivity index (χ1) is 12.1. The maximum atomic E-state index is 12.4. The molecule has 128 valence electrons. The number of piperazine rings is 1. The summed E-state index contributed by atoms with van der Waals surface area (Å²) in [5, 5.41) is 0. The quantitative estimate of drug-likeness (QED) is 0.809. The summed E-state index contributed by atoms with van der Waals surface area (Å²) in [6.07, 6.45) is 5.05. The number of nitrogens with zero attached hydrogens (tertiary/aromatic N) is 3. The Kier molecular flexibility index (Phi) is 5.23. The van der Waals surface area contributed by atoms with E-state index in [1.165, 1.54) is 0 Å². The second-order valence-electron chi connectivity index (χ2n) is 6.08. The van der Waals surface area contributed by atoms with Crippen LogP contribution in [-0.4, -0.2) is 52.8 Å². The van der Waals surface area contributed by atoms with Gasteiger partial charge in [-0.2, -0.15) is 0 Å². The number of hydrogen-bond acceptors (Lipinski definition) is 3. The first-order valence-electron chi connectivity index (χ1n) is 8.37. The van der Waals surface area contributed by atoms with Gasteiger partial charge in [0.05, 0.1) is 0 Å². The first-order valence-corrected chi connectivity index (χ1v) is 8.37. The largest absolute Gasteiger partial charge is 0.336 e. The molecule has 5 nitrogen and oxygen atoms in total. The van der Waals surface area contributed by atoms with Crippen molar-refractivity contribution >= 4 is 17.9 Å². The third-order valence-electron chi connectivity index (χ3n) is 4.22. The lowest BCUT2D eigenvalue weighted by Crippen LogP contribution is -2.50. The van der Waals surface area contributed by atoms with Crippen molar-refractivity contribution in [2.75, 3.05) is 26.2 Å². The zero-order valence-corrected chi connectivity index (χ0v) is 14.3. The molecule has 1 fully saturated rings. The molecule has 1 aromatic carbocycles. The second-order valence-corrected chi connectivity index (χ2v) is 6.08. The Labute approximate surface area is 147 Å². The van der Waals surface area contributed by atoms with Crippen molar-refractivity contribution in [2.24, 2.45) is 0 Å². The Morgan fingerprint density at radius 3 is 2.44 bits per heavy atom. The average molecular weight is 335 g/mol. The van der Waals surface area contributed by atoms with E-state index in [9.17, 15) is 9.59 Å². The maximum absolute atomic E-state index is 12.4. The van der Waals surface area contributed by atoms with Crippen LogP contribution in [0.3, 0.4) is 0 Å². The lowest BCUT2D eigenvalue weighted by atomic mass is 10.1. The third-order valence-corrected chi connectivity index (χ3v) is 4.22. The van der Waals surface area contributed by atoms with Gasteiger partial charge in [-0.25, -0.2) is 0 Å². The van der Waals surface area contributed by atoms with Crippen molar-refractivity contribution in [1.82, 2.24) is 14.8 Å². The predicted molar refractivity (Wildman–Crippen MR) is 96.9 cm³/mol. The highest BCUT2D eigenvalue weighted by Crippen LogP contribution is 2.09. The number of amides is 2. The van der Waals surface area contributed by atoms with E-state index in [-0.39, 0.29) is 11.8 Å². The normalized spacial score (nSPS) is 14.8. The number of carbonyl (C=O) groups is 2. The summed E-state index contributed by atoms with van der Waals surface area (Å²) >= 11 is 0. The molecule has 0 N–H and O–H groups in total. The zero-order chi connectivity index (χ0) is 17.6. The Bertz CT molecular complexity index is 779. The van der Waals surface area contributed by atoms with E-state index in [0.717, 1.165) is 11.1 Å². The molecule has 1 saturated heterocycles. The van der Waals surface area contributed by atoms with Gasteiger partial charge in [0.15, 0.2) is 0 Å². The molecule has 1 aliphatic rings. The van der Waals surface area contributed by atoms with E-state index < -0.39 is 0 Å². The van der Waals surface area contributed by atoms with Crippen molar-refractivity contribution in [3.05, 3.63) is 71.6 Å². The molecular weight excluding hydrogens is 314 g/mol. The van der Waals surface area contributed by atoms with Gasteiger partial charge in [0, 0.05) is 38.5 Å². The smallest absolute Gasteiger partial charge is 0.272 e. The van der Waals surface area contributed by atoms with Crippen molar-refractivity contribution in [3.8, 4) is 0 Å². The van der Waals surface area contributed by atoms with Gasteiger partial charge in [-0.05, 0) is 30.7 Å². The summed E-state index contributed by atoms with van der Waals surface area (Å²) in [5.41, 5.74) is 2.62. The summed E-state index contributed by atoms with van der Waals surface area (Å²) in [4.78, 5) is 32.3. The van der Waals surface area contributed by atoms with Crippen molar-refractivity contribution in [3.63, 3.8) is 0 Å². The highest BCUT2D eigenvalue weighted by molar-refractivity contribution is 5.93. The first kappa shape index (κ1) is 16.9. The molecule has 2 aromatic rings. The van der Waals surface area contributed by atoms with Crippen LogP contribution in [-0.2, 0) is 4.79 Å². The number of aromatic nitrogens is 1. The van der Waals surface area contributed by atoms with Crippen LogP contribution >= 0.6 is 0 Å². The summed E-state index contributed by atoms with van der Waals surface area (Å²) < 4.78 is 0. The monoisotopic (exact) mass is 335 g/mol. The maximum Gasteiger partial charge on any atom is 0.272 e. The minimum absolute atomic E-state index is 0.0218. The van der Waals surface area contributed by atoms with Crippen LogP contribution in [0.25, 0.3) is 6.08 Å². The number of benzene rings is 1. The molecule has 0 aliphatic carbocycles. The fourth-order valence-electron chi connectivity index (χ4n) is 2.83. The van der Waals surface area contributed by atoms with E-state index in [4.69, 9.17) is 0 Å². The van der Waals surface area contributed by atoms with Gasteiger partial charge in [-0.15, -0.1) is 0 Å². The summed E-state index contributed by atoms with van der Waals surface area (Å²) in [6, 6.07) is 13.3. The summed E-state index contributed by atoms with van der Waals surface area (Å²) in [5.74, 6) is -0.102. The Hall–Kier alpha value is -2.95. The molecule has 1 aromatic heterocycles. The highest BCUT2D eigenvalue weighted by Gasteiger charge is 2.24. The van der Waals surface area contributed by atoms with Gasteiger partial charge < -0.3 is 9.80 Å². The van der Waals surface area contributed by atoms with Gasteiger partial charge in [0.25, 0.3) is 5.91 Å². The van der Waals surface area contributed by atoms with Gasteiger partial charge in [-0.3, -0.25) is 14.6 Å². The number of carbonyl (C=O) groups excluding carboxylic acids is 2. The van der Waals surface area contributed by atoms with Crippen LogP contribution in [0.5, 0.6) is 0 Å². The van der Waals surface area contributed by atoms with Crippen molar-refractivity contribution in [2.45, 2.75) is 6.92 Å².